The lowest BCUT2D eigenvalue weighted by molar-refractivity contribution is -0.141. The Morgan fingerprint density at radius 1 is 1.40 bits per heavy atom. The van der Waals surface area contributed by atoms with E-state index in [1.807, 2.05) is 13.0 Å². The number of methoxy groups -OCH3 is 1. The molecule has 0 radical (unpaired) electrons. The lowest BCUT2D eigenvalue weighted by Gasteiger charge is -2.35. The highest BCUT2D eigenvalue weighted by Gasteiger charge is 2.20. The summed E-state index contributed by atoms with van der Waals surface area (Å²) in [5, 5.41) is 0. The first-order valence-electron chi connectivity index (χ1n) is 6.87. The molecule has 20 heavy (non-hydrogen) atoms. The number of nitrogens with zero attached hydrogens (tertiary/aromatic N) is 3. The van der Waals surface area contributed by atoms with Crippen LogP contribution >= 0.6 is 0 Å². The van der Waals surface area contributed by atoms with Crippen molar-refractivity contribution in [1.82, 2.24) is 9.88 Å². The Bertz CT molecular complexity index is 470. The molecule has 110 valence electrons. The Hall–Kier alpha value is -1.82. The van der Waals surface area contributed by atoms with E-state index in [0.29, 0.717) is 6.42 Å². The number of piperazine rings is 1. The maximum absolute atomic E-state index is 11.1. The Labute approximate surface area is 119 Å². The average molecular weight is 278 g/mol. The molecule has 0 aromatic carbocycles. The standard InChI is InChI=1S/C14H22N4O2/c1-11-3-5-16-14(13(11)15)18-9-7-17(8-10-18)6-4-12(19)20-2/h3,5H,4,6-10,15H2,1-2H3. The maximum atomic E-state index is 11.1. The van der Waals surface area contributed by atoms with Gasteiger partial charge in [0.15, 0.2) is 5.82 Å². The summed E-state index contributed by atoms with van der Waals surface area (Å²) in [5.74, 6) is 0.717. The third-order valence-electron chi connectivity index (χ3n) is 3.72. The Morgan fingerprint density at radius 3 is 2.75 bits per heavy atom. The van der Waals surface area contributed by atoms with Crippen LogP contribution in [0.2, 0.25) is 0 Å². The minimum absolute atomic E-state index is 0.156. The molecule has 0 atom stereocenters. The zero-order valence-corrected chi connectivity index (χ0v) is 12.1. The van der Waals surface area contributed by atoms with Crippen LogP contribution in [0.1, 0.15) is 12.0 Å². The molecule has 0 bridgehead atoms. The van der Waals surface area contributed by atoms with E-state index in [9.17, 15) is 4.79 Å². The molecular weight excluding hydrogens is 256 g/mol. The first kappa shape index (κ1) is 14.6. The van der Waals surface area contributed by atoms with Crippen LogP contribution < -0.4 is 10.6 Å². The maximum Gasteiger partial charge on any atom is 0.306 e. The fourth-order valence-corrected chi connectivity index (χ4v) is 2.34. The number of nitrogens with two attached hydrogens (primary N) is 1. The number of carbonyl (C=O) groups is 1. The summed E-state index contributed by atoms with van der Waals surface area (Å²) in [5.41, 5.74) is 7.90. The van der Waals surface area contributed by atoms with Gasteiger partial charge in [-0.1, -0.05) is 0 Å². The number of rotatable bonds is 4. The summed E-state index contributed by atoms with van der Waals surface area (Å²) in [6.07, 6.45) is 2.24. The predicted molar refractivity (Wildman–Crippen MR) is 78.7 cm³/mol. The molecule has 0 amide bonds. The monoisotopic (exact) mass is 278 g/mol. The highest BCUT2D eigenvalue weighted by molar-refractivity contribution is 5.69. The van der Waals surface area contributed by atoms with Crippen LogP contribution in [0.3, 0.4) is 0 Å². The lowest BCUT2D eigenvalue weighted by atomic mass is 10.2. The van der Waals surface area contributed by atoms with Crippen LogP contribution in [0, 0.1) is 6.92 Å². The van der Waals surface area contributed by atoms with Gasteiger partial charge in [0.2, 0.25) is 0 Å². The second kappa shape index (κ2) is 6.56. The third-order valence-corrected chi connectivity index (χ3v) is 3.72. The molecule has 0 aliphatic carbocycles. The number of anilines is 2. The van der Waals surface area contributed by atoms with Gasteiger partial charge in [-0.05, 0) is 18.6 Å². The molecule has 1 aliphatic heterocycles. The number of aryl methyl sites for hydroxylation is 1. The summed E-state index contributed by atoms with van der Waals surface area (Å²) >= 11 is 0. The zero-order valence-electron chi connectivity index (χ0n) is 12.1. The van der Waals surface area contributed by atoms with E-state index in [0.717, 1.165) is 49.8 Å². The number of esters is 1. The van der Waals surface area contributed by atoms with Crippen molar-refractivity contribution in [3.63, 3.8) is 0 Å². The molecule has 6 nitrogen and oxygen atoms in total. The van der Waals surface area contributed by atoms with Gasteiger partial charge in [0.05, 0.1) is 19.2 Å². The summed E-state index contributed by atoms with van der Waals surface area (Å²) in [7, 11) is 1.42. The molecule has 1 aliphatic rings. The fraction of sp³-hybridized carbons (Fsp3) is 0.571. The number of aromatic nitrogens is 1. The number of nitrogen functional groups attached to an aromatic ring is 1. The van der Waals surface area contributed by atoms with Gasteiger partial charge in [-0.25, -0.2) is 4.98 Å². The van der Waals surface area contributed by atoms with Crippen molar-refractivity contribution in [1.29, 1.82) is 0 Å². The predicted octanol–water partition coefficient (Wildman–Crippen LogP) is 0.657. The first-order chi connectivity index (χ1) is 9.61. The van der Waals surface area contributed by atoms with Gasteiger partial charge in [-0.15, -0.1) is 0 Å². The van der Waals surface area contributed by atoms with E-state index in [-0.39, 0.29) is 5.97 Å². The molecule has 2 N–H and O–H groups in total. The first-order valence-corrected chi connectivity index (χ1v) is 6.87. The van der Waals surface area contributed by atoms with Crippen LogP contribution in [0.15, 0.2) is 12.3 Å². The summed E-state index contributed by atoms with van der Waals surface area (Å²) in [4.78, 5) is 20.0. The van der Waals surface area contributed by atoms with Crippen molar-refractivity contribution in [2.24, 2.45) is 0 Å². The van der Waals surface area contributed by atoms with E-state index >= 15 is 0 Å². The smallest absolute Gasteiger partial charge is 0.306 e. The summed E-state index contributed by atoms with van der Waals surface area (Å²) in [6, 6.07) is 1.92. The molecule has 0 unspecified atom stereocenters. The largest absolute Gasteiger partial charge is 0.469 e. The van der Waals surface area contributed by atoms with Gasteiger partial charge < -0.3 is 15.4 Å². The van der Waals surface area contributed by atoms with Gasteiger partial charge in [-0.2, -0.15) is 0 Å². The summed E-state index contributed by atoms with van der Waals surface area (Å²) < 4.78 is 4.66. The van der Waals surface area contributed by atoms with Crippen molar-refractivity contribution >= 4 is 17.5 Å². The molecule has 6 heteroatoms. The number of carbonyl (C=O) groups excluding carboxylic acids is 1. The molecule has 2 heterocycles. The van der Waals surface area contributed by atoms with Crippen LogP contribution in [-0.2, 0) is 9.53 Å². The van der Waals surface area contributed by atoms with Gasteiger partial charge in [0, 0.05) is 38.9 Å². The van der Waals surface area contributed by atoms with Crippen LogP contribution in [0.25, 0.3) is 0 Å². The van der Waals surface area contributed by atoms with E-state index in [4.69, 9.17) is 5.73 Å². The van der Waals surface area contributed by atoms with Gasteiger partial charge in [0.1, 0.15) is 0 Å². The molecule has 2 rings (SSSR count). The Balaban J connectivity index is 1.88. The van der Waals surface area contributed by atoms with E-state index < -0.39 is 0 Å². The number of hydrogen-bond donors (Lipinski definition) is 1. The van der Waals surface area contributed by atoms with Crippen LogP contribution in [-0.4, -0.2) is 55.7 Å². The molecule has 1 saturated heterocycles. The van der Waals surface area contributed by atoms with Crippen molar-refractivity contribution in [2.75, 3.05) is 50.5 Å². The van der Waals surface area contributed by atoms with E-state index in [2.05, 4.69) is 19.5 Å². The molecule has 1 aromatic heterocycles. The minimum Gasteiger partial charge on any atom is -0.469 e. The van der Waals surface area contributed by atoms with Crippen LogP contribution in [0.5, 0.6) is 0 Å². The summed E-state index contributed by atoms with van der Waals surface area (Å²) in [6.45, 7) is 6.31. The highest BCUT2D eigenvalue weighted by atomic mass is 16.5. The topological polar surface area (TPSA) is 71.7 Å². The Morgan fingerprint density at radius 2 is 2.10 bits per heavy atom. The second-order valence-corrected chi connectivity index (χ2v) is 5.02. The Kier molecular flexibility index (Phi) is 4.79. The molecule has 1 aromatic rings. The SMILES string of the molecule is COC(=O)CCN1CCN(c2nccc(C)c2N)CC1. The van der Waals surface area contributed by atoms with Crippen LogP contribution in [0.4, 0.5) is 11.5 Å². The fourth-order valence-electron chi connectivity index (χ4n) is 2.34. The molecule has 1 fully saturated rings. The normalized spacial score (nSPS) is 16.2. The zero-order chi connectivity index (χ0) is 14.5. The lowest BCUT2D eigenvalue weighted by Crippen LogP contribution is -2.47. The number of pyridine rings is 1. The van der Waals surface area contributed by atoms with Crippen molar-refractivity contribution < 1.29 is 9.53 Å². The van der Waals surface area contributed by atoms with Crippen molar-refractivity contribution in [3.8, 4) is 0 Å². The molecule has 0 saturated carbocycles. The van der Waals surface area contributed by atoms with E-state index in [1.165, 1.54) is 7.11 Å². The van der Waals surface area contributed by atoms with E-state index in [1.54, 1.807) is 6.20 Å². The number of hydrogen-bond acceptors (Lipinski definition) is 6. The molecular formula is C14H22N4O2. The van der Waals surface area contributed by atoms with Gasteiger partial charge >= 0.3 is 5.97 Å². The van der Waals surface area contributed by atoms with Gasteiger partial charge in [-0.3, -0.25) is 9.69 Å². The minimum atomic E-state index is -0.156. The van der Waals surface area contributed by atoms with Crippen molar-refractivity contribution in [3.05, 3.63) is 17.8 Å². The van der Waals surface area contributed by atoms with Gasteiger partial charge in [0.25, 0.3) is 0 Å². The highest BCUT2D eigenvalue weighted by Crippen LogP contribution is 2.24. The number of ether oxygens (including phenoxy) is 1. The van der Waals surface area contributed by atoms with Crippen molar-refractivity contribution in [2.45, 2.75) is 13.3 Å². The average Bonchev–Trinajstić information content (AvgIpc) is 2.48. The second-order valence-electron chi connectivity index (χ2n) is 5.02. The molecule has 0 spiro atoms. The quantitative estimate of drug-likeness (QED) is 0.816. The third kappa shape index (κ3) is 3.39.